The molecule has 0 aliphatic rings. The molecule has 0 aliphatic heterocycles. The average Bonchev–Trinajstić information content (AvgIpc) is 2.25. The lowest BCUT2D eigenvalue weighted by molar-refractivity contribution is 0.342. The molecule has 74 valence electrons. The first-order chi connectivity index (χ1) is 6.81. The third-order valence-electron chi connectivity index (χ3n) is 1.68. The van der Waals surface area contributed by atoms with Gasteiger partial charge in [0.25, 0.3) is 0 Å². The molecular weight excluding hydrogens is 180 g/mol. The number of hydrogen-bond donors (Lipinski definition) is 0. The number of rotatable bonds is 4. The zero-order valence-corrected chi connectivity index (χ0v) is 8.24. The van der Waals surface area contributed by atoms with E-state index in [0.29, 0.717) is 17.2 Å². The van der Waals surface area contributed by atoms with Gasteiger partial charge in [0.1, 0.15) is 12.4 Å². The van der Waals surface area contributed by atoms with Crippen molar-refractivity contribution >= 4 is 0 Å². The summed E-state index contributed by atoms with van der Waals surface area (Å²) >= 11 is 0. The molecule has 3 heteroatoms. The molecule has 0 bridgehead atoms. The van der Waals surface area contributed by atoms with E-state index in [-0.39, 0.29) is 6.61 Å². The predicted molar refractivity (Wildman–Crippen MR) is 53.9 cm³/mol. The van der Waals surface area contributed by atoms with Crippen LogP contribution in [0.25, 0.3) is 0 Å². The van der Waals surface area contributed by atoms with Gasteiger partial charge in [-0.2, -0.15) is 0 Å². The van der Waals surface area contributed by atoms with Gasteiger partial charge in [0.15, 0.2) is 11.5 Å². The Kier molecular flexibility index (Phi) is 3.69. The van der Waals surface area contributed by atoms with Gasteiger partial charge in [0.05, 0.1) is 14.2 Å². The van der Waals surface area contributed by atoms with Crippen molar-refractivity contribution in [3.05, 3.63) is 18.2 Å². The lowest BCUT2D eigenvalue weighted by Gasteiger charge is -2.09. The third kappa shape index (κ3) is 2.33. The first-order valence-electron chi connectivity index (χ1n) is 4.10. The minimum Gasteiger partial charge on any atom is -0.493 e. The fraction of sp³-hybridized carbons (Fsp3) is 0.273. The molecule has 14 heavy (non-hydrogen) atoms. The summed E-state index contributed by atoms with van der Waals surface area (Å²) in [5.74, 6) is 4.35. The Balaban J connectivity index is 2.85. The van der Waals surface area contributed by atoms with Crippen molar-refractivity contribution in [1.82, 2.24) is 0 Å². The zero-order chi connectivity index (χ0) is 10.4. The molecule has 0 amide bonds. The smallest absolute Gasteiger partial charge is 0.164 e. The van der Waals surface area contributed by atoms with E-state index >= 15 is 0 Å². The minimum absolute atomic E-state index is 0.246. The summed E-state index contributed by atoms with van der Waals surface area (Å²) in [6, 6.07) is 5.28. The second kappa shape index (κ2) is 5.03. The van der Waals surface area contributed by atoms with Gasteiger partial charge in [-0.25, -0.2) is 0 Å². The largest absolute Gasteiger partial charge is 0.493 e. The molecule has 0 unspecified atom stereocenters. The highest BCUT2D eigenvalue weighted by molar-refractivity contribution is 5.45. The SMILES string of the molecule is C#CCOc1ccc(OC)c(OC)c1. The first-order valence-corrected chi connectivity index (χ1v) is 4.10. The van der Waals surface area contributed by atoms with Crippen molar-refractivity contribution in [2.45, 2.75) is 0 Å². The Hall–Kier alpha value is -1.82. The van der Waals surface area contributed by atoms with E-state index in [4.69, 9.17) is 20.6 Å². The van der Waals surface area contributed by atoms with E-state index in [2.05, 4.69) is 5.92 Å². The van der Waals surface area contributed by atoms with Crippen LogP contribution >= 0.6 is 0 Å². The standard InChI is InChI=1S/C11H12O3/c1-4-7-14-9-5-6-10(12-2)11(8-9)13-3/h1,5-6,8H,7H2,2-3H3. The van der Waals surface area contributed by atoms with Crippen molar-refractivity contribution in [1.29, 1.82) is 0 Å². The van der Waals surface area contributed by atoms with E-state index in [1.165, 1.54) is 0 Å². The Morgan fingerprint density at radius 3 is 2.50 bits per heavy atom. The Bertz CT molecular complexity index is 339. The molecule has 3 nitrogen and oxygen atoms in total. The zero-order valence-electron chi connectivity index (χ0n) is 8.24. The fourth-order valence-electron chi connectivity index (χ4n) is 1.03. The molecule has 0 fully saturated rings. The van der Waals surface area contributed by atoms with Crippen molar-refractivity contribution < 1.29 is 14.2 Å². The van der Waals surface area contributed by atoms with E-state index in [1.54, 1.807) is 32.4 Å². The van der Waals surface area contributed by atoms with Crippen LogP contribution in [0.2, 0.25) is 0 Å². The number of methoxy groups -OCH3 is 2. The lowest BCUT2D eigenvalue weighted by Crippen LogP contribution is -1.95. The maximum absolute atomic E-state index is 5.23. The molecule has 0 radical (unpaired) electrons. The Labute approximate surface area is 83.6 Å². The third-order valence-corrected chi connectivity index (χ3v) is 1.68. The predicted octanol–water partition coefficient (Wildman–Crippen LogP) is 1.72. The van der Waals surface area contributed by atoms with Crippen LogP contribution in [-0.2, 0) is 0 Å². The molecule has 0 N–H and O–H groups in total. The van der Waals surface area contributed by atoms with Crippen LogP contribution in [-0.4, -0.2) is 20.8 Å². The van der Waals surface area contributed by atoms with Gasteiger partial charge in [-0.1, -0.05) is 5.92 Å². The molecule has 0 heterocycles. The van der Waals surface area contributed by atoms with Gasteiger partial charge in [-0.3, -0.25) is 0 Å². The van der Waals surface area contributed by atoms with Crippen LogP contribution in [0.15, 0.2) is 18.2 Å². The molecule has 1 rings (SSSR count). The minimum atomic E-state index is 0.246. The quantitative estimate of drug-likeness (QED) is 0.680. The summed E-state index contributed by atoms with van der Waals surface area (Å²) in [4.78, 5) is 0. The maximum Gasteiger partial charge on any atom is 0.164 e. The van der Waals surface area contributed by atoms with Gasteiger partial charge in [0.2, 0.25) is 0 Å². The van der Waals surface area contributed by atoms with Gasteiger partial charge in [-0.05, 0) is 12.1 Å². The highest BCUT2D eigenvalue weighted by atomic mass is 16.5. The van der Waals surface area contributed by atoms with Crippen LogP contribution < -0.4 is 14.2 Å². The number of hydrogen-bond acceptors (Lipinski definition) is 3. The molecule has 1 aromatic rings. The molecule has 0 atom stereocenters. The van der Waals surface area contributed by atoms with Crippen LogP contribution in [0.5, 0.6) is 17.2 Å². The van der Waals surface area contributed by atoms with E-state index in [1.807, 2.05) is 0 Å². The molecule has 0 aliphatic carbocycles. The monoisotopic (exact) mass is 192 g/mol. The van der Waals surface area contributed by atoms with Gasteiger partial charge < -0.3 is 14.2 Å². The summed E-state index contributed by atoms with van der Waals surface area (Å²) in [6.45, 7) is 0.246. The van der Waals surface area contributed by atoms with Crippen LogP contribution in [0.3, 0.4) is 0 Å². The van der Waals surface area contributed by atoms with Gasteiger partial charge >= 0.3 is 0 Å². The Morgan fingerprint density at radius 2 is 1.93 bits per heavy atom. The van der Waals surface area contributed by atoms with E-state index in [9.17, 15) is 0 Å². The molecule has 0 aromatic heterocycles. The number of benzene rings is 1. The van der Waals surface area contributed by atoms with Gasteiger partial charge in [-0.15, -0.1) is 6.42 Å². The number of ether oxygens (including phenoxy) is 3. The highest BCUT2D eigenvalue weighted by Gasteiger charge is 2.04. The van der Waals surface area contributed by atoms with Gasteiger partial charge in [0, 0.05) is 6.07 Å². The lowest BCUT2D eigenvalue weighted by atomic mass is 10.3. The molecular formula is C11H12O3. The summed E-state index contributed by atoms with van der Waals surface area (Å²) in [5.41, 5.74) is 0. The van der Waals surface area contributed by atoms with E-state index < -0.39 is 0 Å². The second-order valence-electron chi connectivity index (χ2n) is 2.51. The Morgan fingerprint density at radius 1 is 1.21 bits per heavy atom. The molecule has 0 saturated heterocycles. The summed E-state index contributed by atoms with van der Waals surface area (Å²) < 4.78 is 15.4. The number of terminal acetylenes is 1. The van der Waals surface area contributed by atoms with Crippen LogP contribution in [0.1, 0.15) is 0 Å². The summed E-state index contributed by atoms with van der Waals surface area (Å²) in [5, 5.41) is 0. The van der Waals surface area contributed by atoms with Crippen LogP contribution in [0, 0.1) is 12.3 Å². The highest BCUT2D eigenvalue weighted by Crippen LogP contribution is 2.30. The molecule has 0 spiro atoms. The van der Waals surface area contributed by atoms with Crippen molar-refractivity contribution in [3.8, 4) is 29.6 Å². The second-order valence-corrected chi connectivity index (χ2v) is 2.51. The molecule has 1 aromatic carbocycles. The topological polar surface area (TPSA) is 27.7 Å². The normalized spacial score (nSPS) is 8.93. The van der Waals surface area contributed by atoms with E-state index in [0.717, 1.165) is 0 Å². The fourth-order valence-corrected chi connectivity index (χ4v) is 1.03. The summed E-state index contributed by atoms with van der Waals surface area (Å²) in [6.07, 6.45) is 5.07. The maximum atomic E-state index is 5.23. The van der Waals surface area contributed by atoms with Crippen molar-refractivity contribution in [3.63, 3.8) is 0 Å². The van der Waals surface area contributed by atoms with Crippen molar-refractivity contribution in [2.24, 2.45) is 0 Å². The van der Waals surface area contributed by atoms with Crippen molar-refractivity contribution in [2.75, 3.05) is 20.8 Å². The average molecular weight is 192 g/mol. The van der Waals surface area contributed by atoms with Crippen LogP contribution in [0.4, 0.5) is 0 Å². The summed E-state index contributed by atoms with van der Waals surface area (Å²) in [7, 11) is 3.16. The molecule has 0 saturated carbocycles. The first kappa shape index (κ1) is 10.3.